The number of nitrogens with zero attached hydrogens (tertiary/aromatic N) is 1. The van der Waals surface area contributed by atoms with Gasteiger partial charge in [-0.3, -0.25) is 52.9 Å². The number of amides is 9. The number of carbonyl (C=O) groups is 11. The van der Waals surface area contributed by atoms with Crippen LogP contribution in [0.3, 0.4) is 0 Å². The van der Waals surface area contributed by atoms with E-state index < -0.39 is 152 Å². The Hall–Kier alpha value is -8.90. The number of hydrogen-bond acceptors (Lipinski definition) is 16. The van der Waals surface area contributed by atoms with Crippen molar-refractivity contribution in [2.24, 2.45) is 33.8 Å². The van der Waals surface area contributed by atoms with E-state index in [4.69, 9.17) is 22.9 Å². The third-order valence-electron chi connectivity index (χ3n) is 11.9. The van der Waals surface area contributed by atoms with Gasteiger partial charge < -0.3 is 96.0 Å². The van der Waals surface area contributed by atoms with Crippen LogP contribution >= 0.6 is 0 Å². The molecule has 0 saturated carbocycles. The van der Waals surface area contributed by atoms with Gasteiger partial charge in [-0.1, -0.05) is 50.6 Å². The summed E-state index contributed by atoms with van der Waals surface area (Å²) in [6.07, 6.45) is -0.867. The van der Waals surface area contributed by atoms with E-state index in [0.29, 0.717) is 11.1 Å². The Bertz CT molecular complexity index is 2640. The lowest BCUT2D eigenvalue weighted by Crippen LogP contribution is -2.61. The molecule has 0 saturated heterocycles. The number of hydrogen-bond donors (Lipinski definition) is 18. The Labute approximate surface area is 445 Å². The molecule has 0 radical (unpaired) electrons. The van der Waals surface area contributed by atoms with Crippen molar-refractivity contribution in [3.05, 3.63) is 65.9 Å². The normalized spacial score (nSPS) is 14.4. The monoisotopic (exact) mass is 1100 g/mol. The third kappa shape index (κ3) is 20.7. The van der Waals surface area contributed by atoms with E-state index >= 15 is 0 Å². The number of carbonyl (C=O) groups excluding carboxylic acids is 9. The van der Waals surface area contributed by atoms with E-state index in [2.05, 4.69) is 47.2 Å². The number of rotatable bonds is 33. The van der Waals surface area contributed by atoms with Crippen molar-refractivity contribution in [1.29, 1.82) is 0 Å². The zero-order valence-corrected chi connectivity index (χ0v) is 42.7. The number of fused-ring (bicyclic) bond motifs is 1. The van der Waals surface area contributed by atoms with Gasteiger partial charge in [0.1, 0.15) is 54.1 Å². The predicted molar refractivity (Wildman–Crippen MR) is 276 cm³/mol. The van der Waals surface area contributed by atoms with Crippen LogP contribution in [0.25, 0.3) is 10.9 Å². The average molecular weight is 1100 g/mol. The van der Waals surface area contributed by atoms with E-state index in [1.807, 2.05) is 5.32 Å². The van der Waals surface area contributed by atoms with Gasteiger partial charge in [-0.05, 0) is 48.1 Å². The van der Waals surface area contributed by atoms with Gasteiger partial charge in [0.05, 0.1) is 32.6 Å². The van der Waals surface area contributed by atoms with E-state index in [-0.39, 0.29) is 50.4 Å². The molecule has 3 rings (SSSR count). The number of primary amides is 1. The molecule has 9 amide bonds. The maximum Gasteiger partial charge on any atom is 0.326 e. The Kier molecular flexibility index (Phi) is 25.4. The molecule has 3 aromatic rings. The number of guanidine groups is 1. The SMILES string of the molecule is CC[C@H](C)[C@H](NC(=O)[C@H](Cc1ccc(O)cc1)NC(=O)[C@H](CCCN=C(N)N)NC(=O)[C@H](CC(N)=O)NC(=O)[C@H](CC(=O)O)NC(=O)[C@@H](N)CO)C(=O)NCC(=O)N[C@@H](CO)C(=O)N[C@@H](Cc1c[nH]c2ccccc12)C(=O)O. The van der Waals surface area contributed by atoms with E-state index in [1.165, 1.54) is 24.3 Å². The summed E-state index contributed by atoms with van der Waals surface area (Å²) in [5, 5.41) is 67.8. The van der Waals surface area contributed by atoms with E-state index in [0.717, 1.165) is 10.9 Å². The second-order valence-corrected chi connectivity index (χ2v) is 18.0. The van der Waals surface area contributed by atoms with Crippen molar-refractivity contribution in [2.75, 3.05) is 26.3 Å². The first-order valence-electron chi connectivity index (χ1n) is 24.3. The van der Waals surface area contributed by atoms with Crippen LogP contribution in [0.5, 0.6) is 5.75 Å². The fourth-order valence-corrected chi connectivity index (χ4v) is 7.49. The number of phenols is 1. The topological polar surface area (TPSA) is 517 Å². The Morgan fingerprint density at radius 3 is 1.79 bits per heavy atom. The summed E-state index contributed by atoms with van der Waals surface area (Å²) in [6.45, 7) is 0.528. The molecule has 1 aromatic heterocycles. The van der Waals surface area contributed by atoms with Crippen LogP contribution in [0.15, 0.2) is 59.7 Å². The maximum atomic E-state index is 14.3. The third-order valence-corrected chi connectivity index (χ3v) is 11.9. The number of para-hydroxylation sites is 1. The Balaban J connectivity index is 1.85. The highest BCUT2D eigenvalue weighted by Gasteiger charge is 2.36. The van der Waals surface area contributed by atoms with Crippen LogP contribution in [0.4, 0.5) is 0 Å². The quantitative estimate of drug-likeness (QED) is 0.0153. The van der Waals surface area contributed by atoms with Gasteiger partial charge in [-0.25, -0.2) is 4.79 Å². The smallest absolute Gasteiger partial charge is 0.326 e. The largest absolute Gasteiger partial charge is 0.508 e. The second kappa shape index (κ2) is 31.2. The number of benzene rings is 2. The van der Waals surface area contributed by atoms with Crippen LogP contribution in [0, 0.1) is 5.92 Å². The minimum Gasteiger partial charge on any atom is -0.508 e. The second-order valence-electron chi connectivity index (χ2n) is 18.0. The number of aromatic hydroxyl groups is 1. The van der Waals surface area contributed by atoms with Crippen molar-refractivity contribution >= 4 is 82.0 Å². The van der Waals surface area contributed by atoms with Crippen molar-refractivity contribution in [2.45, 2.75) is 107 Å². The number of aliphatic imine (C=N–C) groups is 1. The van der Waals surface area contributed by atoms with Crippen molar-refractivity contribution in [3.63, 3.8) is 0 Å². The number of aromatic amines is 1. The summed E-state index contributed by atoms with van der Waals surface area (Å²) in [5.74, 6) is -13.9. The highest BCUT2D eigenvalue weighted by Crippen LogP contribution is 2.20. The van der Waals surface area contributed by atoms with Gasteiger partial charge in [0.25, 0.3) is 0 Å². The molecule has 0 bridgehead atoms. The van der Waals surface area contributed by atoms with Crippen LogP contribution in [-0.2, 0) is 65.6 Å². The molecule has 30 nitrogen and oxygen atoms in total. The molecule has 0 aliphatic rings. The lowest BCUT2D eigenvalue weighted by molar-refractivity contribution is -0.142. The number of nitrogens with two attached hydrogens (primary N) is 4. The number of carboxylic acids is 2. The minimum atomic E-state index is -1.91. The fraction of sp³-hybridized carbons (Fsp3) is 0.458. The molecule has 0 aliphatic carbocycles. The first kappa shape index (κ1) is 63.4. The molecule has 22 N–H and O–H groups in total. The molecule has 0 spiro atoms. The van der Waals surface area contributed by atoms with Gasteiger partial charge in [0.15, 0.2) is 5.96 Å². The molecular weight excluding hydrogens is 1030 g/mol. The number of aliphatic hydroxyl groups excluding tert-OH is 2. The summed E-state index contributed by atoms with van der Waals surface area (Å²) >= 11 is 0. The van der Waals surface area contributed by atoms with Crippen molar-refractivity contribution < 1.29 is 78.3 Å². The number of phenolic OH excluding ortho intramolecular Hbond substituents is 1. The number of nitrogens with one attached hydrogen (secondary N) is 9. The van der Waals surface area contributed by atoms with Gasteiger partial charge in [-0.15, -0.1) is 0 Å². The number of aliphatic carboxylic acids is 2. The zero-order chi connectivity index (χ0) is 58.2. The van der Waals surface area contributed by atoms with Gasteiger partial charge in [0.2, 0.25) is 53.2 Å². The Morgan fingerprint density at radius 2 is 1.21 bits per heavy atom. The highest BCUT2D eigenvalue weighted by molar-refractivity contribution is 5.99. The zero-order valence-electron chi connectivity index (χ0n) is 42.7. The summed E-state index contributed by atoms with van der Waals surface area (Å²) in [6, 6.07) is -0.618. The summed E-state index contributed by atoms with van der Waals surface area (Å²) in [5.41, 5.74) is 23.4. The number of aromatic nitrogens is 1. The van der Waals surface area contributed by atoms with Gasteiger partial charge in [-0.2, -0.15) is 0 Å². The van der Waals surface area contributed by atoms with Gasteiger partial charge in [0, 0.05) is 36.5 Å². The molecular formula is C48H68N14O16. The van der Waals surface area contributed by atoms with Crippen LogP contribution in [0.1, 0.15) is 57.1 Å². The first-order chi connectivity index (χ1) is 36.9. The number of carboxylic acid groups (broad SMARTS) is 2. The molecule has 2 aromatic carbocycles. The highest BCUT2D eigenvalue weighted by atomic mass is 16.4. The Morgan fingerprint density at radius 1 is 0.641 bits per heavy atom. The molecule has 0 fully saturated rings. The lowest BCUT2D eigenvalue weighted by atomic mass is 9.97. The number of H-pyrrole nitrogens is 1. The van der Waals surface area contributed by atoms with Crippen LogP contribution < -0.4 is 65.5 Å². The van der Waals surface area contributed by atoms with Crippen LogP contribution in [0.2, 0.25) is 0 Å². The molecule has 30 heteroatoms. The van der Waals surface area contributed by atoms with E-state index in [1.54, 1.807) is 44.3 Å². The van der Waals surface area contributed by atoms with Crippen molar-refractivity contribution in [1.82, 2.24) is 47.5 Å². The maximum absolute atomic E-state index is 14.3. The molecule has 0 aliphatic heterocycles. The molecule has 78 heavy (non-hydrogen) atoms. The van der Waals surface area contributed by atoms with Crippen LogP contribution in [-0.4, -0.2) is 176 Å². The summed E-state index contributed by atoms with van der Waals surface area (Å²) < 4.78 is 0. The average Bonchev–Trinajstić information content (AvgIpc) is 3.81. The predicted octanol–water partition coefficient (Wildman–Crippen LogP) is -5.99. The fourth-order valence-electron chi connectivity index (χ4n) is 7.49. The van der Waals surface area contributed by atoms with Gasteiger partial charge >= 0.3 is 11.9 Å². The molecule has 1 heterocycles. The van der Waals surface area contributed by atoms with E-state index in [9.17, 15) is 78.3 Å². The molecule has 0 unspecified atom stereocenters. The lowest BCUT2D eigenvalue weighted by Gasteiger charge is -2.28. The standard InChI is InChI=1S/C48H68N14O16/c1-3-23(2)39(46(76)55-20-37(67)56-35(22-64)45(75)61-34(47(77)78)16-25-19-54-29-8-5-4-7-27(25)29)62-44(74)31(15-24-10-12-26(65)13-11-24)59-41(71)30(9-6-14-53-48(51)52)57-42(72)32(17-36(50)66)60-43(73)33(18-38(68)69)58-40(70)28(49)21-63/h4-5,7-8,10-13,19,23,28,30-35,39,54,63-65H,3,6,9,14-18,20-22,49H2,1-2H3,(H2,50,66)(H,55,76)(H,56,67)(H,57,72)(H,58,70)(H,59,71)(H,60,73)(H,61,75)(H,62,74)(H,68,69)(H,77,78)(H4,51,52,53)/t23-,28-,30-,31-,32-,33-,34-,35-,39-/m0/s1. The molecule has 9 atom stereocenters. The van der Waals surface area contributed by atoms with Crippen molar-refractivity contribution in [3.8, 4) is 5.75 Å². The molecule has 426 valence electrons. The minimum absolute atomic E-state index is 0.0159. The summed E-state index contributed by atoms with van der Waals surface area (Å²) in [4.78, 5) is 151. The number of aliphatic hydroxyl groups is 2. The summed E-state index contributed by atoms with van der Waals surface area (Å²) in [7, 11) is 0. The first-order valence-corrected chi connectivity index (χ1v) is 24.3.